The van der Waals surface area contributed by atoms with Crippen molar-refractivity contribution >= 4 is 27.7 Å². The summed E-state index contributed by atoms with van der Waals surface area (Å²) >= 11 is 3.54. The van der Waals surface area contributed by atoms with Gasteiger partial charge in [0.25, 0.3) is 0 Å². The number of hydrogen-bond donors (Lipinski definition) is 2. The van der Waals surface area contributed by atoms with Gasteiger partial charge >= 0.3 is 0 Å². The van der Waals surface area contributed by atoms with E-state index in [1.807, 2.05) is 6.92 Å². The van der Waals surface area contributed by atoms with Gasteiger partial charge in [-0.25, -0.2) is 4.98 Å². The van der Waals surface area contributed by atoms with Gasteiger partial charge in [0.15, 0.2) is 0 Å². The Morgan fingerprint density at radius 3 is 3.15 bits per heavy atom. The number of benzene rings is 1. The van der Waals surface area contributed by atoms with Crippen LogP contribution in [0, 0.1) is 6.92 Å². The number of nitrogen functional groups attached to an aromatic ring is 1. The standard InChI is InChI=1S/C14H15BrN4O/c1-8-6-18-14(16)19-13(8)17-7-10-5-11(15)4-9-2-3-20-12(9)10/h4-6H,2-3,7H2,1H3,(H3,16,17,18,19). The van der Waals surface area contributed by atoms with E-state index < -0.39 is 0 Å². The molecule has 104 valence electrons. The van der Waals surface area contributed by atoms with Crippen molar-refractivity contribution in [2.45, 2.75) is 19.9 Å². The Labute approximate surface area is 125 Å². The maximum Gasteiger partial charge on any atom is 0.221 e. The number of nitrogens with zero attached hydrogens (tertiary/aromatic N) is 2. The third kappa shape index (κ3) is 2.56. The Hall–Kier alpha value is -1.82. The highest BCUT2D eigenvalue weighted by atomic mass is 79.9. The number of nitrogens with one attached hydrogen (secondary N) is 1. The minimum atomic E-state index is 0.272. The molecule has 20 heavy (non-hydrogen) atoms. The zero-order chi connectivity index (χ0) is 14.1. The number of anilines is 2. The van der Waals surface area contributed by atoms with Crippen molar-refractivity contribution in [3.8, 4) is 5.75 Å². The van der Waals surface area contributed by atoms with E-state index in [2.05, 4.69) is 43.3 Å². The minimum absolute atomic E-state index is 0.272. The number of fused-ring (bicyclic) bond motifs is 1. The quantitative estimate of drug-likeness (QED) is 0.902. The molecule has 0 saturated carbocycles. The summed E-state index contributed by atoms with van der Waals surface area (Å²) in [4.78, 5) is 8.17. The van der Waals surface area contributed by atoms with Crippen LogP contribution in [0.3, 0.4) is 0 Å². The van der Waals surface area contributed by atoms with Crippen LogP contribution in [-0.2, 0) is 13.0 Å². The Balaban J connectivity index is 1.84. The van der Waals surface area contributed by atoms with E-state index in [-0.39, 0.29) is 5.95 Å². The highest BCUT2D eigenvalue weighted by Gasteiger charge is 2.17. The molecule has 0 unspecified atom stereocenters. The van der Waals surface area contributed by atoms with Crippen LogP contribution in [0.25, 0.3) is 0 Å². The Morgan fingerprint density at radius 1 is 1.45 bits per heavy atom. The van der Waals surface area contributed by atoms with Crippen molar-refractivity contribution in [3.05, 3.63) is 39.5 Å². The van der Waals surface area contributed by atoms with Crippen LogP contribution in [0.1, 0.15) is 16.7 Å². The van der Waals surface area contributed by atoms with Crippen molar-refractivity contribution in [2.24, 2.45) is 0 Å². The smallest absolute Gasteiger partial charge is 0.221 e. The molecule has 2 aromatic rings. The van der Waals surface area contributed by atoms with E-state index in [9.17, 15) is 0 Å². The van der Waals surface area contributed by atoms with E-state index in [1.165, 1.54) is 5.56 Å². The van der Waals surface area contributed by atoms with Gasteiger partial charge < -0.3 is 15.8 Å². The molecule has 1 aromatic heterocycles. The van der Waals surface area contributed by atoms with Crippen LogP contribution < -0.4 is 15.8 Å². The molecule has 3 rings (SSSR count). The molecular weight excluding hydrogens is 320 g/mol. The fourth-order valence-corrected chi connectivity index (χ4v) is 2.84. The van der Waals surface area contributed by atoms with E-state index >= 15 is 0 Å². The third-order valence-electron chi connectivity index (χ3n) is 3.26. The minimum Gasteiger partial charge on any atom is -0.493 e. The summed E-state index contributed by atoms with van der Waals surface area (Å²) in [6.07, 6.45) is 2.67. The number of rotatable bonds is 3. The summed E-state index contributed by atoms with van der Waals surface area (Å²) in [7, 11) is 0. The van der Waals surface area contributed by atoms with E-state index in [0.29, 0.717) is 6.54 Å². The highest BCUT2D eigenvalue weighted by Crippen LogP contribution is 2.33. The second kappa shape index (κ2) is 5.28. The van der Waals surface area contributed by atoms with Gasteiger partial charge in [0.05, 0.1) is 6.61 Å². The molecule has 1 aliphatic rings. The van der Waals surface area contributed by atoms with Crippen LogP contribution in [0.5, 0.6) is 5.75 Å². The van der Waals surface area contributed by atoms with Crippen molar-refractivity contribution in [3.63, 3.8) is 0 Å². The molecule has 0 aliphatic carbocycles. The third-order valence-corrected chi connectivity index (χ3v) is 3.72. The molecule has 0 saturated heterocycles. The Kier molecular flexibility index (Phi) is 3.48. The van der Waals surface area contributed by atoms with Crippen LogP contribution in [-0.4, -0.2) is 16.6 Å². The van der Waals surface area contributed by atoms with Gasteiger partial charge in [-0.05, 0) is 24.6 Å². The lowest BCUT2D eigenvalue weighted by Crippen LogP contribution is -2.07. The molecule has 0 fully saturated rings. The number of halogens is 1. The maximum atomic E-state index is 5.71. The summed E-state index contributed by atoms with van der Waals surface area (Å²) in [5, 5.41) is 3.30. The zero-order valence-corrected chi connectivity index (χ0v) is 12.7. The average Bonchev–Trinajstić information content (AvgIpc) is 2.87. The molecule has 1 aromatic carbocycles. The second-order valence-electron chi connectivity index (χ2n) is 4.76. The Bertz CT molecular complexity index is 660. The molecule has 5 nitrogen and oxygen atoms in total. The molecule has 2 heterocycles. The first-order valence-electron chi connectivity index (χ1n) is 6.40. The Morgan fingerprint density at radius 2 is 2.30 bits per heavy atom. The fourth-order valence-electron chi connectivity index (χ4n) is 2.29. The van der Waals surface area contributed by atoms with Crippen molar-refractivity contribution < 1.29 is 4.74 Å². The molecule has 0 bridgehead atoms. The molecular formula is C14H15BrN4O. The van der Waals surface area contributed by atoms with Crippen molar-refractivity contribution in [1.29, 1.82) is 0 Å². The lowest BCUT2D eigenvalue weighted by atomic mass is 10.1. The number of nitrogens with two attached hydrogens (primary N) is 1. The summed E-state index contributed by atoms with van der Waals surface area (Å²) < 4.78 is 6.78. The van der Waals surface area contributed by atoms with E-state index in [4.69, 9.17) is 10.5 Å². The van der Waals surface area contributed by atoms with E-state index in [1.54, 1.807) is 6.20 Å². The maximum absolute atomic E-state index is 5.71. The van der Waals surface area contributed by atoms with Gasteiger partial charge in [-0.1, -0.05) is 15.9 Å². The van der Waals surface area contributed by atoms with Gasteiger partial charge in [0.1, 0.15) is 11.6 Å². The first-order valence-corrected chi connectivity index (χ1v) is 7.20. The molecule has 0 atom stereocenters. The normalized spacial score (nSPS) is 12.9. The second-order valence-corrected chi connectivity index (χ2v) is 5.68. The first-order chi connectivity index (χ1) is 9.63. The van der Waals surface area contributed by atoms with Gasteiger partial charge in [0.2, 0.25) is 5.95 Å². The van der Waals surface area contributed by atoms with Gasteiger partial charge in [-0.15, -0.1) is 0 Å². The predicted molar refractivity (Wildman–Crippen MR) is 81.8 cm³/mol. The van der Waals surface area contributed by atoms with Crippen molar-refractivity contribution in [1.82, 2.24) is 9.97 Å². The number of ether oxygens (including phenoxy) is 1. The number of aromatic nitrogens is 2. The summed E-state index contributed by atoms with van der Waals surface area (Å²) in [6.45, 7) is 3.33. The number of hydrogen-bond acceptors (Lipinski definition) is 5. The van der Waals surface area contributed by atoms with Gasteiger partial charge in [0, 0.05) is 34.8 Å². The largest absolute Gasteiger partial charge is 0.493 e. The summed E-state index contributed by atoms with van der Waals surface area (Å²) in [6, 6.07) is 4.18. The lowest BCUT2D eigenvalue weighted by molar-refractivity contribution is 0.354. The fraction of sp³-hybridized carbons (Fsp3) is 0.286. The van der Waals surface area contributed by atoms with Gasteiger partial charge in [-0.2, -0.15) is 4.98 Å². The van der Waals surface area contributed by atoms with Crippen LogP contribution in [0.4, 0.5) is 11.8 Å². The predicted octanol–water partition coefficient (Wildman–Crippen LogP) is 2.68. The molecule has 1 aliphatic heterocycles. The first kappa shape index (κ1) is 13.2. The number of aryl methyl sites for hydroxylation is 1. The zero-order valence-electron chi connectivity index (χ0n) is 11.1. The monoisotopic (exact) mass is 334 g/mol. The summed E-state index contributed by atoms with van der Waals surface area (Å²) in [5.74, 6) is 2.01. The topological polar surface area (TPSA) is 73.1 Å². The van der Waals surface area contributed by atoms with Crippen molar-refractivity contribution in [2.75, 3.05) is 17.7 Å². The molecule has 6 heteroatoms. The highest BCUT2D eigenvalue weighted by molar-refractivity contribution is 9.10. The molecule has 3 N–H and O–H groups in total. The van der Waals surface area contributed by atoms with Crippen LogP contribution in [0.2, 0.25) is 0 Å². The molecule has 0 spiro atoms. The van der Waals surface area contributed by atoms with Gasteiger partial charge in [-0.3, -0.25) is 0 Å². The average molecular weight is 335 g/mol. The summed E-state index contributed by atoms with van der Waals surface area (Å²) in [5.41, 5.74) is 8.94. The molecule has 0 amide bonds. The molecule has 0 radical (unpaired) electrons. The lowest BCUT2D eigenvalue weighted by Gasteiger charge is -2.12. The van der Waals surface area contributed by atoms with Crippen LogP contribution in [0.15, 0.2) is 22.8 Å². The van der Waals surface area contributed by atoms with E-state index in [0.717, 1.165) is 40.2 Å². The van der Waals surface area contributed by atoms with Crippen LogP contribution >= 0.6 is 15.9 Å². The SMILES string of the molecule is Cc1cnc(N)nc1NCc1cc(Br)cc2c1OCC2.